The van der Waals surface area contributed by atoms with Crippen molar-refractivity contribution in [2.75, 3.05) is 6.54 Å². The normalized spacial score (nSPS) is 14.9. The van der Waals surface area contributed by atoms with Gasteiger partial charge in [0, 0.05) is 41.7 Å². The van der Waals surface area contributed by atoms with Gasteiger partial charge in [-0.1, -0.05) is 31.5 Å². The van der Waals surface area contributed by atoms with Crippen LogP contribution in [0.3, 0.4) is 0 Å². The van der Waals surface area contributed by atoms with E-state index in [4.69, 9.17) is 0 Å². The van der Waals surface area contributed by atoms with Crippen LogP contribution < -0.4 is 5.32 Å². The Morgan fingerprint density at radius 3 is 2.79 bits per heavy atom. The van der Waals surface area contributed by atoms with Gasteiger partial charge >= 0.3 is 0 Å². The molecule has 6 heteroatoms. The molecule has 3 aromatic rings. The quantitative estimate of drug-likeness (QED) is 0.704. The molecule has 0 spiro atoms. The van der Waals surface area contributed by atoms with Gasteiger partial charge in [0.15, 0.2) is 0 Å². The maximum absolute atomic E-state index is 13.3. The monoisotopic (exact) mass is 395 g/mol. The number of aromatic amines is 1. The van der Waals surface area contributed by atoms with Gasteiger partial charge in [-0.15, -0.1) is 11.3 Å². The van der Waals surface area contributed by atoms with Gasteiger partial charge in [-0.2, -0.15) is 0 Å². The Morgan fingerprint density at radius 1 is 1.25 bits per heavy atom. The minimum Gasteiger partial charge on any atom is -0.358 e. The highest BCUT2D eigenvalue weighted by Gasteiger charge is 2.32. The third-order valence-electron chi connectivity index (χ3n) is 5.41. The molecule has 0 radical (unpaired) electrons. The molecular formula is C22H25N3O2S. The molecule has 2 aromatic heterocycles. The number of nitrogens with zero attached hydrogens (tertiary/aromatic N) is 1. The van der Waals surface area contributed by atoms with Crippen molar-refractivity contribution in [2.45, 2.75) is 39.8 Å². The van der Waals surface area contributed by atoms with Crippen LogP contribution >= 0.6 is 11.3 Å². The van der Waals surface area contributed by atoms with Gasteiger partial charge in [-0.25, -0.2) is 0 Å². The summed E-state index contributed by atoms with van der Waals surface area (Å²) < 4.78 is 0. The topological polar surface area (TPSA) is 65.2 Å². The number of benzene rings is 1. The summed E-state index contributed by atoms with van der Waals surface area (Å²) in [5.41, 5.74) is 4.75. The number of aromatic nitrogens is 1. The molecular weight excluding hydrogens is 370 g/mol. The van der Waals surface area contributed by atoms with E-state index in [0.717, 1.165) is 11.9 Å². The molecule has 4 rings (SSSR count). The minimum absolute atomic E-state index is 0.00689. The second-order valence-electron chi connectivity index (χ2n) is 7.81. The Kier molecular flexibility index (Phi) is 4.98. The van der Waals surface area contributed by atoms with Gasteiger partial charge < -0.3 is 15.2 Å². The Balaban J connectivity index is 1.56. The molecule has 2 N–H and O–H groups in total. The lowest BCUT2D eigenvalue weighted by Gasteiger charge is -2.32. The summed E-state index contributed by atoms with van der Waals surface area (Å²) in [7, 11) is 0. The first kappa shape index (κ1) is 18.7. The third-order valence-corrected chi connectivity index (χ3v) is 6.28. The molecule has 0 aliphatic carbocycles. The van der Waals surface area contributed by atoms with E-state index < -0.39 is 6.04 Å². The number of hydrogen-bond donors (Lipinski definition) is 2. The van der Waals surface area contributed by atoms with Crippen molar-refractivity contribution < 1.29 is 9.59 Å². The molecule has 28 heavy (non-hydrogen) atoms. The molecule has 146 valence electrons. The Bertz CT molecular complexity index is 1020. The number of nitrogens with one attached hydrogen (secondary N) is 2. The third kappa shape index (κ3) is 3.44. The molecule has 1 atom stereocenters. The van der Waals surface area contributed by atoms with Crippen LogP contribution in [-0.2, 0) is 17.8 Å². The molecule has 3 heterocycles. The minimum atomic E-state index is -0.525. The number of H-pyrrole nitrogens is 1. The van der Waals surface area contributed by atoms with E-state index in [1.807, 2.05) is 30.2 Å². The number of hydrogen-bond acceptors (Lipinski definition) is 3. The second kappa shape index (κ2) is 7.43. The first-order valence-corrected chi connectivity index (χ1v) is 10.5. The standard InChI is InChI=1S/C22H25N3O2S/c1-13(2)20(24-21(26)19-5-4-10-28-19)22(27)25-9-8-18-16(12-25)15-11-14(3)6-7-17(15)23-18/h4-7,10-11,13,20,23H,8-9,12H2,1-3H3,(H,24,26). The summed E-state index contributed by atoms with van der Waals surface area (Å²) in [6, 6.07) is 9.48. The number of fused-ring (bicyclic) bond motifs is 3. The summed E-state index contributed by atoms with van der Waals surface area (Å²) in [6.07, 6.45) is 0.804. The number of carbonyl (C=O) groups is 2. The predicted octanol–water partition coefficient (Wildman–Crippen LogP) is 3.88. The van der Waals surface area contributed by atoms with E-state index in [1.54, 1.807) is 6.07 Å². The smallest absolute Gasteiger partial charge is 0.262 e. The Labute approximate surface area is 168 Å². The van der Waals surface area contributed by atoms with Gasteiger partial charge in [-0.05, 0) is 36.4 Å². The number of rotatable bonds is 4. The number of carbonyl (C=O) groups excluding carboxylic acids is 2. The van der Waals surface area contributed by atoms with Crippen molar-refractivity contribution in [2.24, 2.45) is 5.92 Å². The van der Waals surface area contributed by atoms with Crippen molar-refractivity contribution >= 4 is 34.1 Å². The van der Waals surface area contributed by atoms with Crippen LogP contribution in [0.1, 0.15) is 40.3 Å². The van der Waals surface area contributed by atoms with Crippen LogP contribution in [0.25, 0.3) is 10.9 Å². The van der Waals surface area contributed by atoms with Crippen LogP contribution in [0.15, 0.2) is 35.7 Å². The molecule has 0 fully saturated rings. The van der Waals surface area contributed by atoms with E-state index in [2.05, 4.69) is 35.4 Å². The zero-order chi connectivity index (χ0) is 19.8. The molecule has 1 aromatic carbocycles. The van der Waals surface area contributed by atoms with Gasteiger partial charge in [0.2, 0.25) is 5.91 Å². The lowest BCUT2D eigenvalue weighted by Crippen LogP contribution is -2.52. The van der Waals surface area contributed by atoms with Crippen LogP contribution in [0, 0.1) is 12.8 Å². The Morgan fingerprint density at radius 2 is 2.07 bits per heavy atom. The fourth-order valence-corrected chi connectivity index (χ4v) is 4.47. The summed E-state index contributed by atoms with van der Waals surface area (Å²) >= 11 is 1.39. The summed E-state index contributed by atoms with van der Waals surface area (Å²) in [6.45, 7) is 7.27. The van der Waals surface area contributed by atoms with Gasteiger partial charge in [-0.3, -0.25) is 9.59 Å². The molecule has 2 amide bonds. The molecule has 1 aliphatic heterocycles. The van der Waals surface area contributed by atoms with Crippen molar-refractivity contribution in [1.29, 1.82) is 0 Å². The Hall–Kier alpha value is -2.60. The molecule has 0 bridgehead atoms. The lowest BCUT2D eigenvalue weighted by molar-refractivity contribution is -0.135. The summed E-state index contributed by atoms with van der Waals surface area (Å²) in [5, 5.41) is 6.01. The SMILES string of the molecule is Cc1ccc2[nH]c3c(c2c1)CN(C(=O)C(NC(=O)c1cccs1)C(C)C)CC3. The molecule has 1 unspecified atom stereocenters. The zero-order valence-corrected chi connectivity index (χ0v) is 17.2. The van der Waals surface area contributed by atoms with E-state index in [9.17, 15) is 9.59 Å². The van der Waals surface area contributed by atoms with Gasteiger partial charge in [0.05, 0.1) is 4.88 Å². The highest BCUT2D eigenvalue weighted by atomic mass is 32.1. The molecule has 0 saturated carbocycles. The predicted molar refractivity (Wildman–Crippen MR) is 113 cm³/mol. The highest BCUT2D eigenvalue weighted by molar-refractivity contribution is 7.12. The zero-order valence-electron chi connectivity index (χ0n) is 16.4. The summed E-state index contributed by atoms with van der Waals surface area (Å²) in [5.74, 6) is -0.168. The molecule has 0 saturated heterocycles. The fourth-order valence-electron chi connectivity index (χ4n) is 3.85. The van der Waals surface area contributed by atoms with Gasteiger partial charge in [0.1, 0.15) is 6.04 Å². The first-order chi connectivity index (χ1) is 13.4. The number of amides is 2. The van der Waals surface area contributed by atoms with Crippen molar-refractivity contribution in [1.82, 2.24) is 15.2 Å². The lowest BCUT2D eigenvalue weighted by atomic mass is 9.99. The average Bonchev–Trinajstić information content (AvgIpc) is 3.32. The van der Waals surface area contributed by atoms with E-state index in [0.29, 0.717) is 18.0 Å². The van der Waals surface area contributed by atoms with Crippen LogP contribution in [0.5, 0.6) is 0 Å². The second-order valence-corrected chi connectivity index (χ2v) is 8.76. The average molecular weight is 396 g/mol. The van der Waals surface area contributed by atoms with Crippen molar-refractivity contribution in [3.05, 3.63) is 57.4 Å². The maximum Gasteiger partial charge on any atom is 0.262 e. The largest absolute Gasteiger partial charge is 0.358 e. The van der Waals surface area contributed by atoms with E-state index in [-0.39, 0.29) is 17.7 Å². The maximum atomic E-state index is 13.3. The van der Waals surface area contributed by atoms with Crippen LogP contribution in [0.4, 0.5) is 0 Å². The van der Waals surface area contributed by atoms with E-state index >= 15 is 0 Å². The van der Waals surface area contributed by atoms with Crippen LogP contribution in [0.2, 0.25) is 0 Å². The van der Waals surface area contributed by atoms with Crippen molar-refractivity contribution in [3.63, 3.8) is 0 Å². The summed E-state index contributed by atoms with van der Waals surface area (Å²) in [4.78, 5) is 31.8. The van der Waals surface area contributed by atoms with Crippen LogP contribution in [-0.4, -0.2) is 34.3 Å². The van der Waals surface area contributed by atoms with Gasteiger partial charge in [0.25, 0.3) is 5.91 Å². The first-order valence-electron chi connectivity index (χ1n) is 9.67. The fraction of sp³-hybridized carbons (Fsp3) is 0.364. The molecule has 1 aliphatic rings. The number of thiophene rings is 1. The van der Waals surface area contributed by atoms with Crippen molar-refractivity contribution in [3.8, 4) is 0 Å². The highest BCUT2D eigenvalue weighted by Crippen LogP contribution is 2.29. The molecule has 5 nitrogen and oxygen atoms in total. The number of aryl methyl sites for hydroxylation is 1. The van der Waals surface area contributed by atoms with E-state index in [1.165, 1.54) is 33.5 Å².